The Labute approximate surface area is 124 Å². The maximum absolute atomic E-state index is 11.9. The number of nitrogens with zero attached hydrogens (tertiary/aromatic N) is 1. The first kappa shape index (κ1) is 17.1. The van der Waals surface area contributed by atoms with Crippen molar-refractivity contribution in [3.8, 4) is 0 Å². The van der Waals surface area contributed by atoms with Crippen LogP contribution in [0.1, 0.15) is 32.3 Å². The van der Waals surface area contributed by atoms with E-state index in [1.54, 1.807) is 12.1 Å². The summed E-state index contributed by atoms with van der Waals surface area (Å²) in [6.45, 7) is 4.45. The van der Waals surface area contributed by atoms with E-state index < -0.39 is 4.92 Å². The molecule has 116 valence electrons. The number of aliphatic hydroxyl groups is 1. The first-order valence-electron chi connectivity index (χ1n) is 7.07. The van der Waals surface area contributed by atoms with Crippen LogP contribution in [0.5, 0.6) is 0 Å². The van der Waals surface area contributed by atoms with Gasteiger partial charge in [-0.2, -0.15) is 0 Å². The fourth-order valence-corrected chi connectivity index (χ4v) is 2.05. The fourth-order valence-electron chi connectivity index (χ4n) is 2.05. The zero-order valence-corrected chi connectivity index (χ0v) is 12.5. The zero-order chi connectivity index (χ0) is 15.9. The van der Waals surface area contributed by atoms with E-state index in [2.05, 4.69) is 5.32 Å². The van der Waals surface area contributed by atoms with Gasteiger partial charge in [-0.3, -0.25) is 14.9 Å². The van der Waals surface area contributed by atoms with Crippen molar-refractivity contribution in [1.29, 1.82) is 0 Å². The van der Waals surface area contributed by atoms with Gasteiger partial charge in [0.2, 0.25) is 5.91 Å². The van der Waals surface area contributed by atoms with Gasteiger partial charge in [0.1, 0.15) is 0 Å². The van der Waals surface area contributed by atoms with Crippen LogP contribution in [0.4, 0.5) is 5.69 Å². The van der Waals surface area contributed by atoms with Crippen molar-refractivity contribution in [2.24, 2.45) is 5.41 Å². The molecule has 0 aliphatic heterocycles. The molecule has 1 rings (SSSR count). The Morgan fingerprint density at radius 2 is 1.86 bits per heavy atom. The first-order chi connectivity index (χ1) is 9.96. The molecule has 6 nitrogen and oxygen atoms in total. The largest absolute Gasteiger partial charge is 0.396 e. The van der Waals surface area contributed by atoms with Crippen LogP contribution in [0.15, 0.2) is 24.3 Å². The maximum atomic E-state index is 11.9. The lowest BCUT2D eigenvalue weighted by Crippen LogP contribution is -2.39. The summed E-state index contributed by atoms with van der Waals surface area (Å²) in [4.78, 5) is 22.0. The van der Waals surface area contributed by atoms with Gasteiger partial charge in [-0.25, -0.2) is 0 Å². The average molecular weight is 294 g/mol. The number of amides is 1. The molecule has 0 aromatic heterocycles. The average Bonchev–Trinajstić information content (AvgIpc) is 2.50. The van der Waals surface area contributed by atoms with Crippen molar-refractivity contribution >= 4 is 11.6 Å². The molecule has 0 bridgehead atoms. The number of nitro benzene ring substituents is 1. The highest BCUT2D eigenvalue weighted by Crippen LogP contribution is 2.24. The van der Waals surface area contributed by atoms with E-state index in [0.29, 0.717) is 6.54 Å². The molecule has 0 spiro atoms. The molecule has 1 amide bonds. The lowest BCUT2D eigenvalue weighted by Gasteiger charge is -2.29. The predicted molar refractivity (Wildman–Crippen MR) is 79.9 cm³/mol. The number of aliphatic hydroxyl groups excluding tert-OH is 1. The topological polar surface area (TPSA) is 92.5 Å². The van der Waals surface area contributed by atoms with Crippen molar-refractivity contribution in [1.82, 2.24) is 5.32 Å². The smallest absolute Gasteiger partial charge is 0.269 e. The van der Waals surface area contributed by atoms with Crippen molar-refractivity contribution < 1.29 is 14.8 Å². The number of hydrogen-bond acceptors (Lipinski definition) is 4. The Morgan fingerprint density at radius 3 is 2.29 bits per heavy atom. The Bertz CT molecular complexity index is 473. The molecule has 1 aromatic carbocycles. The van der Waals surface area contributed by atoms with E-state index in [0.717, 1.165) is 18.4 Å². The number of nitro groups is 1. The van der Waals surface area contributed by atoms with Gasteiger partial charge in [-0.1, -0.05) is 26.0 Å². The van der Waals surface area contributed by atoms with E-state index in [9.17, 15) is 20.0 Å². The van der Waals surface area contributed by atoms with Crippen molar-refractivity contribution in [2.45, 2.75) is 33.1 Å². The number of benzene rings is 1. The van der Waals surface area contributed by atoms with E-state index >= 15 is 0 Å². The number of carbonyl (C=O) groups is 1. The van der Waals surface area contributed by atoms with Gasteiger partial charge in [0.05, 0.1) is 18.0 Å². The third-order valence-electron chi connectivity index (χ3n) is 4.01. The summed E-state index contributed by atoms with van der Waals surface area (Å²) in [5, 5.41) is 22.8. The van der Waals surface area contributed by atoms with E-state index in [1.165, 1.54) is 12.1 Å². The van der Waals surface area contributed by atoms with Crippen LogP contribution in [-0.4, -0.2) is 29.1 Å². The van der Waals surface area contributed by atoms with Crippen molar-refractivity contribution in [3.05, 3.63) is 39.9 Å². The summed E-state index contributed by atoms with van der Waals surface area (Å²) in [5.74, 6) is -0.149. The second-order valence-corrected chi connectivity index (χ2v) is 5.24. The molecule has 0 radical (unpaired) electrons. The number of carbonyl (C=O) groups excluding carboxylic acids is 1. The molecular formula is C15H22N2O4. The van der Waals surface area contributed by atoms with Crippen LogP contribution in [-0.2, 0) is 11.2 Å². The molecule has 2 N–H and O–H groups in total. The third kappa shape index (κ3) is 4.82. The lowest BCUT2D eigenvalue weighted by atomic mass is 9.83. The summed E-state index contributed by atoms with van der Waals surface area (Å²) in [5.41, 5.74) is 0.460. The molecule has 0 atom stereocenters. The van der Waals surface area contributed by atoms with Gasteiger partial charge in [-0.05, 0) is 18.4 Å². The standard InChI is InChI=1S/C15H22N2O4/c1-3-15(4-2,11-18)10-16-14(19)9-12-5-7-13(8-6-12)17(20)21/h5-8,18H,3-4,9-11H2,1-2H3,(H,16,19). The summed E-state index contributed by atoms with van der Waals surface area (Å²) >= 11 is 0. The quantitative estimate of drug-likeness (QED) is 0.567. The molecule has 0 saturated heterocycles. The van der Waals surface area contributed by atoms with Crippen LogP contribution in [0.25, 0.3) is 0 Å². The zero-order valence-electron chi connectivity index (χ0n) is 12.5. The minimum absolute atomic E-state index is 0.00965. The van der Waals surface area contributed by atoms with Gasteiger partial charge in [0, 0.05) is 24.1 Å². The predicted octanol–water partition coefficient (Wildman–Crippen LogP) is 2.05. The van der Waals surface area contributed by atoms with Gasteiger partial charge in [0.25, 0.3) is 5.69 Å². The fraction of sp³-hybridized carbons (Fsp3) is 0.533. The van der Waals surface area contributed by atoms with Crippen LogP contribution in [0.2, 0.25) is 0 Å². The van der Waals surface area contributed by atoms with Crippen molar-refractivity contribution in [3.63, 3.8) is 0 Å². The SMILES string of the molecule is CCC(CC)(CO)CNC(=O)Cc1ccc([N+](=O)[O-])cc1. The molecular weight excluding hydrogens is 272 g/mol. The number of hydrogen-bond donors (Lipinski definition) is 2. The Morgan fingerprint density at radius 1 is 1.29 bits per heavy atom. The van der Waals surface area contributed by atoms with Crippen LogP contribution in [0, 0.1) is 15.5 Å². The summed E-state index contributed by atoms with van der Waals surface area (Å²) < 4.78 is 0. The molecule has 0 heterocycles. The van der Waals surface area contributed by atoms with Gasteiger partial charge >= 0.3 is 0 Å². The number of nitrogens with one attached hydrogen (secondary N) is 1. The minimum atomic E-state index is -0.470. The number of rotatable bonds is 8. The van der Waals surface area contributed by atoms with E-state index in [4.69, 9.17) is 0 Å². The summed E-state index contributed by atoms with van der Waals surface area (Å²) in [6, 6.07) is 5.94. The monoisotopic (exact) mass is 294 g/mol. The van der Waals surface area contributed by atoms with Crippen LogP contribution in [0.3, 0.4) is 0 Å². The molecule has 0 fully saturated rings. The Hall–Kier alpha value is -1.95. The highest BCUT2D eigenvalue weighted by atomic mass is 16.6. The normalized spacial score (nSPS) is 11.2. The third-order valence-corrected chi connectivity index (χ3v) is 4.01. The molecule has 6 heteroatoms. The Balaban J connectivity index is 2.55. The van der Waals surface area contributed by atoms with Crippen LogP contribution >= 0.6 is 0 Å². The molecule has 0 saturated carbocycles. The molecule has 0 unspecified atom stereocenters. The second kappa shape index (κ2) is 7.73. The van der Waals surface area contributed by atoms with Crippen LogP contribution < -0.4 is 5.32 Å². The summed E-state index contributed by atoms with van der Waals surface area (Å²) in [6.07, 6.45) is 1.75. The molecule has 21 heavy (non-hydrogen) atoms. The maximum Gasteiger partial charge on any atom is 0.269 e. The lowest BCUT2D eigenvalue weighted by molar-refractivity contribution is -0.384. The van der Waals surface area contributed by atoms with Crippen molar-refractivity contribution in [2.75, 3.05) is 13.2 Å². The second-order valence-electron chi connectivity index (χ2n) is 5.24. The molecule has 0 aliphatic carbocycles. The molecule has 0 aliphatic rings. The Kier molecular flexibility index (Phi) is 6.30. The molecule has 1 aromatic rings. The highest BCUT2D eigenvalue weighted by Gasteiger charge is 2.25. The number of non-ortho nitro benzene ring substituents is 1. The van der Waals surface area contributed by atoms with Gasteiger partial charge < -0.3 is 10.4 Å². The van der Waals surface area contributed by atoms with Gasteiger partial charge in [-0.15, -0.1) is 0 Å². The van der Waals surface area contributed by atoms with E-state index in [-0.39, 0.29) is 30.0 Å². The first-order valence-corrected chi connectivity index (χ1v) is 7.07. The van der Waals surface area contributed by atoms with E-state index in [1.807, 2.05) is 13.8 Å². The van der Waals surface area contributed by atoms with Gasteiger partial charge in [0.15, 0.2) is 0 Å². The summed E-state index contributed by atoms with van der Waals surface area (Å²) in [7, 11) is 0. The highest BCUT2D eigenvalue weighted by molar-refractivity contribution is 5.78. The minimum Gasteiger partial charge on any atom is -0.396 e.